The Bertz CT molecular complexity index is 459. The number of nitrogens with zero attached hydrogens (tertiary/aromatic N) is 1. The average molecular weight is 261 g/mol. The summed E-state index contributed by atoms with van der Waals surface area (Å²) in [7, 11) is 1.70. The molecule has 104 valence electrons. The van der Waals surface area contributed by atoms with Crippen LogP contribution in [0.3, 0.4) is 0 Å². The molecule has 1 aliphatic heterocycles. The van der Waals surface area contributed by atoms with Gasteiger partial charge in [0, 0.05) is 33.2 Å². The number of benzene rings is 1. The lowest BCUT2D eigenvalue weighted by Gasteiger charge is -2.35. The van der Waals surface area contributed by atoms with E-state index in [1.54, 1.807) is 7.05 Å². The van der Waals surface area contributed by atoms with E-state index in [-0.39, 0.29) is 11.9 Å². The highest BCUT2D eigenvalue weighted by Crippen LogP contribution is 2.17. The quantitative estimate of drug-likeness (QED) is 0.847. The van der Waals surface area contributed by atoms with Gasteiger partial charge in [-0.2, -0.15) is 0 Å². The molecular weight excluding hydrogens is 238 g/mol. The van der Waals surface area contributed by atoms with E-state index in [0.29, 0.717) is 0 Å². The molecule has 1 aromatic rings. The molecule has 1 amide bonds. The molecule has 0 aliphatic carbocycles. The minimum Gasteiger partial charge on any atom is -0.358 e. The molecule has 1 saturated heterocycles. The van der Waals surface area contributed by atoms with Crippen LogP contribution in [0.15, 0.2) is 18.2 Å². The smallest absolute Gasteiger partial charge is 0.238 e. The molecule has 0 radical (unpaired) electrons. The second kappa shape index (κ2) is 6.17. The van der Waals surface area contributed by atoms with Gasteiger partial charge < -0.3 is 10.6 Å². The number of carbonyl (C=O) groups excluding carboxylic acids is 1. The normalized spacial score (nSPS) is 20.3. The van der Waals surface area contributed by atoms with Crippen LogP contribution in [-0.4, -0.2) is 43.5 Å². The van der Waals surface area contributed by atoms with Crippen LogP contribution < -0.4 is 10.6 Å². The summed E-state index contributed by atoms with van der Waals surface area (Å²) in [6.45, 7) is 7.70. The van der Waals surface area contributed by atoms with Gasteiger partial charge in [0.15, 0.2) is 0 Å². The van der Waals surface area contributed by atoms with E-state index in [9.17, 15) is 4.79 Å². The largest absolute Gasteiger partial charge is 0.358 e. The Hall–Kier alpha value is -1.39. The number of hydrogen-bond acceptors (Lipinski definition) is 3. The number of rotatable bonds is 3. The summed E-state index contributed by atoms with van der Waals surface area (Å²) in [6, 6.07) is 6.31. The van der Waals surface area contributed by atoms with Gasteiger partial charge in [0.2, 0.25) is 5.91 Å². The summed E-state index contributed by atoms with van der Waals surface area (Å²) >= 11 is 0. The molecule has 4 heteroatoms. The maximum absolute atomic E-state index is 11.9. The standard InChI is InChI=1S/C15H23N3O/c1-11-5-4-6-13(12(11)2)10-18-8-7-17-9-14(18)15(19)16-3/h4-6,14,17H,7-10H2,1-3H3,(H,16,19). The summed E-state index contributed by atoms with van der Waals surface area (Å²) in [5.41, 5.74) is 3.96. The molecule has 1 unspecified atom stereocenters. The van der Waals surface area contributed by atoms with Crippen molar-refractivity contribution in [3.8, 4) is 0 Å². The van der Waals surface area contributed by atoms with Crippen molar-refractivity contribution >= 4 is 5.91 Å². The highest BCUT2D eigenvalue weighted by molar-refractivity contribution is 5.81. The number of hydrogen-bond donors (Lipinski definition) is 2. The lowest BCUT2D eigenvalue weighted by Crippen LogP contribution is -2.56. The third kappa shape index (κ3) is 3.14. The van der Waals surface area contributed by atoms with Crippen molar-refractivity contribution in [3.05, 3.63) is 34.9 Å². The van der Waals surface area contributed by atoms with Crippen molar-refractivity contribution in [2.75, 3.05) is 26.7 Å². The molecule has 2 N–H and O–H groups in total. The molecule has 1 aromatic carbocycles. The summed E-state index contributed by atoms with van der Waals surface area (Å²) in [6.07, 6.45) is 0. The van der Waals surface area contributed by atoms with Crippen molar-refractivity contribution in [2.45, 2.75) is 26.4 Å². The second-order valence-corrected chi connectivity index (χ2v) is 5.16. The fraction of sp³-hybridized carbons (Fsp3) is 0.533. The van der Waals surface area contributed by atoms with E-state index < -0.39 is 0 Å². The Labute approximate surface area is 115 Å². The van der Waals surface area contributed by atoms with Crippen LogP contribution in [0.1, 0.15) is 16.7 Å². The average Bonchev–Trinajstić information content (AvgIpc) is 2.43. The number of carbonyl (C=O) groups is 1. The number of piperazine rings is 1. The van der Waals surface area contributed by atoms with E-state index in [1.807, 2.05) is 0 Å². The van der Waals surface area contributed by atoms with E-state index in [0.717, 1.165) is 26.2 Å². The van der Waals surface area contributed by atoms with Crippen molar-refractivity contribution in [1.29, 1.82) is 0 Å². The predicted molar refractivity (Wildman–Crippen MR) is 77.1 cm³/mol. The first-order chi connectivity index (χ1) is 9.13. The third-order valence-electron chi connectivity index (χ3n) is 3.99. The fourth-order valence-electron chi connectivity index (χ4n) is 2.56. The van der Waals surface area contributed by atoms with Crippen LogP contribution in [0, 0.1) is 13.8 Å². The van der Waals surface area contributed by atoms with Gasteiger partial charge in [-0.3, -0.25) is 9.69 Å². The fourth-order valence-corrected chi connectivity index (χ4v) is 2.56. The van der Waals surface area contributed by atoms with Gasteiger partial charge in [0.1, 0.15) is 6.04 Å². The molecule has 0 spiro atoms. The van der Waals surface area contributed by atoms with Crippen molar-refractivity contribution in [1.82, 2.24) is 15.5 Å². The Balaban J connectivity index is 2.15. The molecule has 0 bridgehead atoms. The van der Waals surface area contributed by atoms with Crippen molar-refractivity contribution < 1.29 is 4.79 Å². The number of amides is 1. The summed E-state index contributed by atoms with van der Waals surface area (Å²) in [4.78, 5) is 14.2. The molecule has 4 nitrogen and oxygen atoms in total. The third-order valence-corrected chi connectivity index (χ3v) is 3.99. The van der Waals surface area contributed by atoms with Crippen LogP contribution >= 0.6 is 0 Å². The van der Waals surface area contributed by atoms with E-state index in [2.05, 4.69) is 47.6 Å². The van der Waals surface area contributed by atoms with Crippen molar-refractivity contribution in [2.24, 2.45) is 0 Å². The molecule has 1 fully saturated rings. The van der Waals surface area contributed by atoms with E-state index >= 15 is 0 Å². The number of nitrogens with one attached hydrogen (secondary N) is 2. The highest BCUT2D eigenvalue weighted by Gasteiger charge is 2.27. The van der Waals surface area contributed by atoms with Gasteiger partial charge in [0.25, 0.3) is 0 Å². The van der Waals surface area contributed by atoms with Gasteiger partial charge in [0.05, 0.1) is 0 Å². The zero-order chi connectivity index (χ0) is 13.8. The van der Waals surface area contributed by atoms with E-state index in [4.69, 9.17) is 0 Å². The molecule has 1 aliphatic rings. The van der Waals surface area contributed by atoms with Crippen LogP contribution in [0.25, 0.3) is 0 Å². The van der Waals surface area contributed by atoms with Crippen LogP contribution in [0.2, 0.25) is 0 Å². The van der Waals surface area contributed by atoms with E-state index in [1.165, 1.54) is 16.7 Å². The molecule has 0 saturated carbocycles. The Kier molecular flexibility index (Phi) is 4.56. The van der Waals surface area contributed by atoms with Gasteiger partial charge in [-0.05, 0) is 30.5 Å². The first kappa shape index (κ1) is 14.0. The predicted octanol–water partition coefficient (Wildman–Crippen LogP) is 0.823. The SMILES string of the molecule is CNC(=O)C1CNCCN1Cc1cccc(C)c1C. The molecule has 19 heavy (non-hydrogen) atoms. The maximum atomic E-state index is 11.9. The zero-order valence-electron chi connectivity index (χ0n) is 12.0. The Morgan fingerprint density at radius 2 is 2.26 bits per heavy atom. The summed E-state index contributed by atoms with van der Waals surface area (Å²) in [5, 5.41) is 6.05. The summed E-state index contributed by atoms with van der Waals surface area (Å²) < 4.78 is 0. The Morgan fingerprint density at radius 1 is 1.47 bits per heavy atom. The maximum Gasteiger partial charge on any atom is 0.238 e. The first-order valence-electron chi connectivity index (χ1n) is 6.85. The highest BCUT2D eigenvalue weighted by atomic mass is 16.2. The molecule has 2 rings (SSSR count). The van der Waals surface area contributed by atoms with Gasteiger partial charge in [-0.15, -0.1) is 0 Å². The van der Waals surface area contributed by atoms with Crippen molar-refractivity contribution in [3.63, 3.8) is 0 Å². The Morgan fingerprint density at radius 3 is 3.00 bits per heavy atom. The van der Waals surface area contributed by atoms with Crippen LogP contribution in [0.5, 0.6) is 0 Å². The topological polar surface area (TPSA) is 44.4 Å². The minimum absolute atomic E-state index is 0.0707. The summed E-state index contributed by atoms with van der Waals surface area (Å²) in [5.74, 6) is 0.0949. The second-order valence-electron chi connectivity index (χ2n) is 5.16. The lowest BCUT2D eigenvalue weighted by molar-refractivity contribution is -0.126. The molecular formula is C15H23N3O. The van der Waals surface area contributed by atoms with Gasteiger partial charge in [-0.25, -0.2) is 0 Å². The molecule has 1 heterocycles. The van der Waals surface area contributed by atoms with Gasteiger partial charge in [-0.1, -0.05) is 18.2 Å². The van der Waals surface area contributed by atoms with Crippen LogP contribution in [-0.2, 0) is 11.3 Å². The number of aryl methyl sites for hydroxylation is 1. The molecule has 0 aromatic heterocycles. The molecule has 1 atom stereocenters. The van der Waals surface area contributed by atoms with Gasteiger partial charge >= 0.3 is 0 Å². The monoisotopic (exact) mass is 261 g/mol. The minimum atomic E-state index is -0.0707. The van der Waals surface area contributed by atoms with Crippen LogP contribution in [0.4, 0.5) is 0 Å². The number of likely N-dealkylation sites (N-methyl/N-ethyl adjacent to an activating group) is 1. The lowest BCUT2D eigenvalue weighted by atomic mass is 10.0. The first-order valence-corrected chi connectivity index (χ1v) is 6.85. The zero-order valence-corrected chi connectivity index (χ0v) is 12.0.